The van der Waals surface area contributed by atoms with Crippen LogP contribution in [0.5, 0.6) is 0 Å². The minimum Gasteiger partial charge on any atom is -0.309 e. The van der Waals surface area contributed by atoms with Crippen molar-refractivity contribution in [2.45, 2.75) is 6.92 Å². The van der Waals surface area contributed by atoms with Gasteiger partial charge in [0.1, 0.15) is 0 Å². The van der Waals surface area contributed by atoms with Gasteiger partial charge in [-0.25, -0.2) is 0 Å². The Morgan fingerprint density at radius 2 is 1.14 bits per heavy atom. The molecule has 0 bridgehead atoms. The zero-order chi connectivity index (χ0) is 18.7. The monoisotopic (exact) mass is 357 g/mol. The molecule has 0 amide bonds. The molecule has 1 aromatic heterocycles. The lowest BCUT2D eigenvalue weighted by molar-refractivity contribution is 1.20. The summed E-state index contributed by atoms with van der Waals surface area (Å²) < 4.78 is 2.44. The third-order valence-corrected chi connectivity index (χ3v) is 5.82. The van der Waals surface area contributed by atoms with Crippen molar-refractivity contribution in [3.63, 3.8) is 0 Å². The third kappa shape index (κ3) is 2.07. The zero-order valence-electron chi connectivity index (χ0n) is 15.7. The largest absolute Gasteiger partial charge is 0.309 e. The van der Waals surface area contributed by atoms with Crippen LogP contribution in [0.1, 0.15) is 5.56 Å². The van der Waals surface area contributed by atoms with E-state index < -0.39 is 0 Å². The van der Waals surface area contributed by atoms with Crippen molar-refractivity contribution in [1.82, 2.24) is 4.57 Å². The molecule has 1 heterocycles. The highest BCUT2D eigenvalue weighted by molar-refractivity contribution is 6.15. The lowest BCUT2D eigenvalue weighted by Gasteiger charge is -2.14. The molecular formula is C27H19N. The standard InChI is InChI=1S/C27H19N/c1-18-14-15-24-23-12-6-7-13-25(23)28(26(24)16-18)27-17-19-8-2-3-9-20(19)21-10-4-5-11-22(21)27/h2-17H,1H3. The average molecular weight is 357 g/mol. The van der Waals surface area contributed by atoms with E-state index in [1.165, 1.54) is 54.6 Å². The van der Waals surface area contributed by atoms with Gasteiger partial charge in [0.15, 0.2) is 0 Å². The Labute approximate surface area is 163 Å². The second-order valence-corrected chi connectivity index (χ2v) is 7.54. The molecule has 0 atom stereocenters. The van der Waals surface area contributed by atoms with Crippen molar-refractivity contribution in [3.05, 3.63) is 103 Å². The molecule has 0 aliphatic carbocycles. The van der Waals surface area contributed by atoms with Crippen LogP contribution in [0.25, 0.3) is 49.0 Å². The van der Waals surface area contributed by atoms with Gasteiger partial charge in [-0.3, -0.25) is 0 Å². The van der Waals surface area contributed by atoms with Gasteiger partial charge in [-0.05, 0) is 46.8 Å². The van der Waals surface area contributed by atoms with Crippen LogP contribution >= 0.6 is 0 Å². The molecule has 0 aliphatic rings. The van der Waals surface area contributed by atoms with E-state index in [2.05, 4.69) is 109 Å². The topological polar surface area (TPSA) is 4.93 Å². The van der Waals surface area contributed by atoms with Gasteiger partial charge in [0.2, 0.25) is 0 Å². The normalized spacial score (nSPS) is 11.8. The van der Waals surface area contributed by atoms with Crippen LogP contribution in [0.4, 0.5) is 0 Å². The van der Waals surface area contributed by atoms with E-state index in [4.69, 9.17) is 0 Å². The first kappa shape index (κ1) is 15.5. The van der Waals surface area contributed by atoms with Gasteiger partial charge < -0.3 is 4.57 Å². The average Bonchev–Trinajstić information content (AvgIpc) is 3.06. The maximum atomic E-state index is 2.44. The smallest absolute Gasteiger partial charge is 0.0546 e. The van der Waals surface area contributed by atoms with Crippen molar-refractivity contribution in [2.24, 2.45) is 0 Å². The van der Waals surface area contributed by atoms with Crippen LogP contribution in [0.15, 0.2) is 97.1 Å². The Balaban J connectivity index is 1.88. The highest BCUT2D eigenvalue weighted by Crippen LogP contribution is 2.37. The summed E-state index contributed by atoms with van der Waals surface area (Å²) in [7, 11) is 0. The molecule has 0 unspecified atom stereocenters. The van der Waals surface area contributed by atoms with E-state index in [1.807, 2.05) is 0 Å². The number of hydrogen-bond acceptors (Lipinski definition) is 0. The van der Waals surface area contributed by atoms with E-state index in [-0.39, 0.29) is 0 Å². The van der Waals surface area contributed by atoms with Crippen LogP contribution in [0.2, 0.25) is 0 Å². The Kier molecular flexibility index (Phi) is 3.15. The summed E-state index contributed by atoms with van der Waals surface area (Å²) in [4.78, 5) is 0. The van der Waals surface area contributed by atoms with Crippen LogP contribution in [0.3, 0.4) is 0 Å². The van der Waals surface area contributed by atoms with Gasteiger partial charge >= 0.3 is 0 Å². The van der Waals surface area contributed by atoms with Crippen molar-refractivity contribution in [2.75, 3.05) is 0 Å². The van der Waals surface area contributed by atoms with E-state index >= 15 is 0 Å². The molecule has 0 spiro atoms. The molecular weight excluding hydrogens is 338 g/mol. The fourth-order valence-corrected chi connectivity index (χ4v) is 4.56. The molecule has 6 aromatic rings. The molecule has 1 nitrogen and oxygen atoms in total. The minimum absolute atomic E-state index is 1.24. The summed E-state index contributed by atoms with van der Waals surface area (Å²) in [6.45, 7) is 2.17. The van der Waals surface area contributed by atoms with Crippen molar-refractivity contribution >= 4 is 43.4 Å². The summed E-state index contributed by atoms with van der Waals surface area (Å²) in [6.07, 6.45) is 0. The second kappa shape index (κ2) is 5.71. The molecule has 6 rings (SSSR count). The van der Waals surface area contributed by atoms with Crippen LogP contribution in [-0.4, -0.2) is 4.57 Å². The third-order valence-electron chi connectivity index (χ3n) is 5.82. The minimum atomic E-state index is 1.24. The lowest BCUT2D eigenvalue weighted by atomic mass is 10.00. The zero-order valence-corrected chi connectivity index (χ0v) is 15.7. The maximum absolute atomic E-state index is 2.44. The number of nitrogens with zero attached hydrogens (tertiary/aromatic N) is 1. The van der Waals surface area contributed by atoms with Gasteiger partial charge in [-0.2, -0.15) is 0 Å². The van der Waals surface area contributed by atoms with Gasteiger partial charge in [-0.15, -0.1) is 0 Å². The molecule has 0 saturated heterocycles. The summed E-state index contributed by atoms with van der Waals surface area (Å²) in [5.41, 5.74) is 5.04. The number of para-hydroxylation sites is 1. The molecule has 0 aliphatic heterocycles. The molecule has 132 valence electrons. The fourth-order valence-electron chi connectivity index (χ4n) is 4.56. The Morgan fingerprint density at radius 1 is 0.500 bits per heavy atom. The maximum Gasteiger partial charge on any atom is 0.0546 e. The van der Waals surface area contributed by atoms with Crippen LogP contribution < -0.4 is 0 Å². The first-order chi connectivity index (χ1) is 13.8. The predicted molar refractivity (Wildman–Crippen MR) is 121 cm³/mol. The number of aromatic nitrogens is 1. The SMILES string of the molecule is Cc1ccc2c3ccccc3n(-c3cc4ccccc4c4ccccc34)c2c1. The van der Waals surface area contributed by atoms with E-state index in [0.717, 1.165) is 0 Å². The fraction of sp³-hybridized carbons (Fsp3) is 0.0370. The highest BCUT2D eigenvalue weighted by Gasteiger charge is 2.15. The summed E-state index contributed by atoms with van der Waals surface area (Å²) in [5, 5.41) is 7.77. The van der Waals surface area contributed by atoms with Crippen molar-refractivity contribution in [1.29, 1.82) is 0 Å². The van der Waals surface area contributed by atoms with Gasteiger partial charge in [0.05, 0.1) is 16.7 Å². The molecule has 0 N–H and O–H groups in total. The molecule has 0 fully saturated rings. The Hall–Kier alpha value is -3.58. The van der Waals surface area contributed by atoms with E-state index in [9.17, 15) is 0 Å². The number of rotatable bonds is 1. The van der Waals surface area contributed by atoms with Gasteiger partial charge in [-0.1, -0.05) is 78.9 Å². The second-order valence-electron chi connectivity index (χ2n) is 7.54. The Bertz CT molecular complexity index is 1520. The van der Waals surface area contributed by atoms with Crippen LogP contribution in [-0.2, 0) is 0 Å². The first-order valence-corrected chi connectivity index (χ1v) is 9.72. The number of fused-ring (bicyclic) bond motifs is 6. The van der Waals surface area contributed by atoms with E-state index in [1.54, 1.807) is 0 Å². The molecule has 5 aromatic carbocycles. The van der Waals surface area contributed by atoms with E-state index in [0.29, 0.717) is 0 Å². The summed E-state index contributed by atoms with van der Waals surface area (Å²) in [5.74, 6) is 0. The quantitative estimate of drug-likeness (QED) is 0.270. The number of aryl methyl sites for hydroxylation is 1. The molecule has 0 radical (unpaired) electrons. The highest BCUT2D eigenvalue weighted by atomic mass is 15.0. The van der Waals surface area contributed by atoms with Gasteiger partial charge in [0, 0.05) is 16.2 Å². The lowest BCUT2D eigenvalue weighted by Crippen LogP contribution is -1.96. The van der Waals surface area contributed by atoms with Crippen LogP contribution in [0, 0.1) is 6.92 Å². The number of benzene rings is 5. The van der Waals surface area contributed by atoms with Crippen molar-refractivity contribution in [3.8, 4) is 5.69 Å². The Morgan fingerprint density at radius 3 is 2.00 bits per heavy atom. The first-order valence-electron chi connectivity index (χ1n) is 9.72. The predicted octanol–water partition coefficient (Wildman–Crippen LogP) is 7.40. The van der Waals surface area contributed by atoms with Crippen molar-refractivity contribution < 1.29 is 0 Å². The molecule has 1 heteroatoms. The molecule has 0 saturated carbocycles. The summed E-state index contributed by atoms with van der Waals surface area (Å²) >= 11 is 0. The molecule has 28 heavy (non-hydrogen) atoms. The van der Waals surface area contributed by atoms with Gasteiger partial charge in [0.25, 0.3) is 0 Å². The number of hydrogen-bond donors (Lipinski definition) is 0. The summed E-state index contributed by atoms with van der Waals surface area (Å²) in [6, 6.07) is 35.3.